The van der Waals surface area contributed by atoms with E-state index in [0.717, 1.165) is 11.3 Å². The van der Waals surface area contributed by atoms with Crippen LogP contribution in [0.1, 0.15) is 32.1 Å². The van der Waals surface area contributed by atoms with Gasteiger partial charge in [0.2, 0.25) is 0 Å². The van der Waals surface area contributed by atoms with Gasteiger partial charge in [0.25, 0.3) is 0 Å². The van der Waals surface area contributed by atoms with E-state index >= 15 is 0 Å². The van der Waals surface area contributed by atoms with Crippen molar-refractivity contribution >= 4 is 28.2 Å². The van der Waals surface area contributed by atoms with Crippen LogP contribution >= 0.6 is 15.9 Å². The van der Waals surface area contributed by atoms with Gasteiger partial charge in [-0.25, -0.2) is 4.79 Å². The van der Waals surface area contributed by atoms with E-state index in [1.54, 1.807) is 4.57 Å². The maximum absolute atomic E-state index is 11.5. The number of alkyl halides is 1. The number of hydrogen-bond donors (Lipinski definition) is 0. The molecule has 1 heterocycles. The van der Waals surface area contributed by atoms with Gasteiger partial charge in [-0.2, -0.15) is 0 Å². The molecule has 1 aromatic rings. The number of carbonyl (C=O) groups excluding carboxylic acids is 2. The van der Waals surface area contributed by atoms with Gasteiger partial charge >= 0.3 is 5.97 Å². The Balaban J connectivity index is 3.51. The lowest BCUT2D eigenvalue weighted by molar-refractivity contribution is 0.0587. The number of carbonyl (C=O) groups is 2. The first-order valence-corrected chi connectivity index (χ1v) is 5.49. The quantitative estimate of drug-likeness (QED) is 0.481. The molecular formula is C10H12BrNO3. The highest BCUT2D eigenvalue weighted by Crippen LogP contribution is 2.22. The lowest BCUT2D eigenvalue weighted by atomic mass is 10.1. The van der Waals surface area contributed by atoms with Gasteiger partial charge < -0.3 is 9.30 Å². The average molecular weight is 274 g/mol. The summed E-state index contributed by atoms with van der Waals surface area (Å²) in [6.45, 7) is 3.67. The molecule has 0 aromatic carbocycles. The Morgan fingerprint density at radius 2 is 2.13 bits per heavy atom. The second-order valence-electron chi connectivity index (χ2n) is 3.13. The lowest BCUT2D eigenvalue weighted by Crippen LogP contribution is -2.11. The summed E-state index contributed by atoms with van der Waals surface area (Å²) >= 11 is 3.27. The van der Waals surface area contributed by atoms with Crippen LogP contribution in [0.25, 0.3) is 0 Å². The average Bonchev–Trinajstić information content (AvgIpc) is 2.50. The van der Waals surface area contributed by atoms with Crippen LogP contribution < -0.4 is 0 Å². The molecule has 15 heavy (non-hydrogen) atoms. The fourth-order valence-electron chi connectivity index (χ4n) is 1.50. The van der Waals surface area contributed by atoms with E-state index in [4.69, 9.17) is 0 Å². The predicted octanol–water partition coefficient (Wildman–Crippen LogP) is 2.06. The van der Waals surface area contributed by atoms with Crippen LogP contribution in [0.2, 0.25) is 0 Å². The van der Waals surface area contributed by atoms with Crippen LogP contribution in [0.15, 0.2) is 0 Å². The van der Waals surface area contributed by atoms with E-state index in [-0.39, 0.29) is 0 Å². The van der Waals surface area contributed by atoms with Crippen LogP contribution in [-0.2, 0) is 10.2 Å². The van der Waals surface area contributed by atoms with Crippen molar-refractivity contribution in [2.75, 3.05) is 7.11 Å². The number of methoxy groups -OCH3 is 1. The Labute approximate surface area is 96.3 Å². The summed E-state index contributed by atoms with van der Waals surface area (Å²) in [7, 11) is 1.30. The zero-order valence-corrected chi connectivity index (χ0v) is 10.4. The van der Waals surface area contributed by atoms with Crippen LogP contribution in [0.4, 0.5) is 0 Å². The van der Waals surface area contributed by atoms with Gasteiger partial charge in [-0.05, 0) is 19.4 Å². The molecule has 0 saturated heterocycles. The summed E-state index contributed by atoms with van der Waals surface area (Å²) in [4.78, 5) is 22.4. The minimum Gasteiger partial charge on any atom is -0.464 e. The first-order chi connectivity index (χ1) is 7.08. The van der Waals surface area contributed by atoms with E-state index in [1.807, 2.05) is 13.8 Å². The monoisotopic (exact) mass is 273 g/mol. The predicted molar refractivity (Wildman–Crippen MR) is 59.6 cm³/mol. The molecule has 0 aliphatic heterocycles. The molecule has 0 unspecified atom stereocenters. The summed E-state index contributed by atoms with van der Waals surface area (Å²) in [6.07, 6.45) is 0.688. The molecule has 0 spiro atoms. The first-order valence-electron chi connectivity index (χ1n) is 4.37. The summed E-state index contributed by atoms with van der Waals surface area (Å²) in [5, 5.41) is 0. The second kappa shape index (κ2) is 4.61. The van der Waals surface area contributed by atoms with Crippen LogP contribution in [0, 0.1) is 13.8 Å². The third-order valence-electron chi connectivity index (χ3n) is 2.49. The van der Waals surface area contributed by atoms with Crippen molar-refractivity contribution in [3.63, 3.8) is 0 Å². The van der Waals surface area contributed by atoms with Crippen molar-refractivity contribution in [3.05, 3.63) is 22.5 Å². The molecule has 0 amide bonds. The van der Waals surface area contributed by atoms with Crippen molar-refractivity contribution in [1.82, 2.24) is 4.57 Å². The van der Waals surface area contributed by atoms with Gasteiger partial charge in [0.15, 0.2) is 6.29 Å². The van der Waals surface area contributed by atoms with Crippen molar-refractivity contribution < 1.29 is 14.3 Å². The molecule has 0 aliphatic rings. The molecule has 82 valence electrons. The summed E-state index contributed by atoms with van der Waals surface area (Å²) < 4.78 is 6.36. The standard InChI is InChI=1S/C10H12BrNO3/c1-6-7(2)12(5-11)9(8(6)4-13)10(14)15-3/h4H,5H2,1-3H3. The Kier molecular flexibility index (Phi) is 3.68. The van der Waals surface area contributed by atoms with E-state index in [0.29, 0.717) is 23.0 Å². The van der Waals surface area contributed by atoms with Crippen LogP contribution in [0.3, 0.4) is 0 Å². The highest BCUT2D eigenvalue weighted by atomic mass is 79.9. The van der Waals surface area contributed by atoms with E-state index < -0.39 is 5.97 Å². The van der Waals surface area contributed by atoms with Crippen LogP contribution in [-0.4, -0.2) is 23.9 Å². The van der Waals surface area contributed by atoms with Crippen LogP contribution in [0.5, 0.6) is 0 Å². The molecule has 1 aromatic heterocycles. The van der Waals surface area contributed by atoms with E-state index in [9.17, 15) is 9.59 Å². The zero-order chi connectivity index (χ0) is 11.6. The molecule has 4 nitrogen and oxygen atoms in total. The molecule has 0 saturated carbocycles. The molecule has 0 bridgehead atoms. The fraction of sp³-hybridized carbons (Fsp3) is 0.400. The normalized spacial score (nSPS) is 10.1. The molecule has 1 rings (SSSR count). The highest BCUT2D eigenvalue weighted by molar-refractivity contribution is 9.08. The lowest BCUT2D eigenvalue weighted by Gasteiger charge is -2.06. The van der Waals surface area contributed by atoms with Crippen molar-refractivity contribution in [1.29, 1.82) is 0 Å². The number of nitrogens with zero attached hydrogens (tertiary/aromatic N) is 1. The molecule has 0 radical (unpaired) electrons. The number of esters is 1. The van der Waals surface area contributed by atoms with Gasteiger partial charge in [-0.15, -0.1) is 0 Å². The van der Waals surface area contributed by atoms with Gasteiger partial charge in [0.1, 0.15) is 5.69 Å². The third-order valence-corrected chi connectivity index (χ3v) is 2.99. The first kappa shape index (κ1) is 12.0. The topological polar surface area (TPSA) is 48.3 Å². The Morgan fingerprint density at radius 3 is 2.53 bits per heavy atom. The SMILES string of the molecule is COC(=O)c1c(C=O)c(C)c(C)n1CBr. The Hall–Kier alpha value is -1.10. The molecular weight excluding hydrogens is 262 g/mol. The fourth-order valence-corrected chi connectivity index (χ4v) is 2.13. The molecule has 0 fully saturated rings. The third kappa shape index (κ3) is 1.84. The molecule has 5 heteroatoms. The number of halogens is 1. The molecule has 0 N–H and O–H groups in total. The van der Waals surface area contributed by atoms with E-state index in [2.05, 4.69) is 20.7 Å². The van der Waals surface area contributed by atoms with Gasteiger partial charge in [-0.1, -0.05) is 15.9 Å². The Bertz CT molecular complexity index is 409. The second-order valence-corrected chi connectivity index (χ2v) is 3.63. The minimum atomic E-state index is -0.493. The van der Waals surface area contributed by atoms with Crippen molar-refractivity contribution in [2.45, 2.75) is 19.3 Å². The summed E-state index contributed by atoms with van der Waals surface area (Å²) in [5.74, 6) is -0.493. The number of aldehydes is 1. The van der Waals surface area contributed by atoms with Gasteiger partial charge in [-0.3, -0.25) is 4.79 Å². The zero-order valence-electron chi connectivity index (χ0n) is 8.83. The highest BCUT2D eigenvalue weighted by Gasteiger charge is 2.22. The smallest absolute Gasteiger partial charge is 0.355 e. The van der Waals surface area contributed by atoms with E-state index in [1.165, 1.54) is 7.11 Å². The number of rotatable bonds is 3. The number of ether oxygens (including phenoxy) is 1. The number of aromatic nitrogens is 1. The summed E-state index contributed by atoms with van der Waals surface area (Å²) in [5.41, 5.74) is 2.86. The summed E-state index contributed by atoms with van der Waals surface area (Å²) in [6, 6.07) is 0. The minimum absolute atomic E-state index is 0.305. The molecule has 0 aliphatic carbocycles. The van der Waals surface area contributed by atoms with Gasteiger partial charge in [0.05, 0.1) is 18.1 Å². The van der Waals surface area contributed by atoms with Crippen molar-refractivity contribution in [3.8, 4) is 0 Å². The largest absolute Gasteiger partial charge is 0.464 e. The number of hydrogen-bond acceptors (Lipinski definition) is 3. The van der Waals surface area contributed by atoms with Crippen molar-refractivity contribution in [2.24, 2.45) is 0 Å². The Morgan fingerprint density at radius 1 is 1.53 bits per heavy atom. The molecule has 0 atom stereocenters. The van der Waals surface area contributed by atoms with Gasteiger partial charge in [0, 0.05) is 5.69 Å². The maximum atomic E-state index is 11.5. The maximum Gasteiger partial charge on any atom is 0.355 e.